The van der Waals surface area contributed by atoms with E-state index in [4.69, 9.17) is 5.11 Å². The van der Waals surface area contributed by atoms with Crippen molar-refractivity contribution in [3.05, 3.63) is 11.1 Å². The first-order valence-corrected chi connectivity index (χ1v) is 5.62. The van der Waals surface area contributed by atoms with Gasteiger partial charge in [-0.25, -0.2) is 4.79 Å². The molecule has 0 saturated heterocycles. The van der Waals surface area contributed by atoms with E-state index in [0.29, 0.717) is 11.5 Å². The summed E-state index contributed by atoms with van der Waals surface area (Å²) >= 11 is 0. The summed E-state index contributed by atoms with van der Waals surface area (Å²) in [6.07, 6.45) is 6.23. The second-order valence-corrected chi connectivity index (χ2v) is 4.21. The van der Waals surface area contributed by atoms with Gasteiger partial charge >= 0.3 is 5.97 Å². The molecule has 2 heteroatoms. The molecule has 1 atom stereocenters. The quantitative estimate of drug-likeness (QED) is 0.748. The first-order valence-electron chi connectivity index (χ1n) is 5.62. The van der Waals surface area contributed by atoms with Crippen LogP contribution < -0.4 is 0 Å². The second-order valence-electron chi connectivity index (χ2n) is 4.21. The number of hydrogen-bond donors (Lipinski definition) is 1. The van der Waals surface area contributed by atoms with Crippen LogP contribution >= 0.6 is 0 Å². The molecule has 0 spiro atoms. The van der Waals surface area contributed by atoms with Crippen LogP contribution in [0.5, 0.6) is 0 Å². The summed E-state index contributed by atoms with van der Waals surface area (Å²) in [5.74, 6) is -0.205. The normalized spacial score (nSPS) is 22.6. The second kappa shape index (κ2) is 5.18. The zero-order valence-corrected chi connectivity index (χ0v) is 9.18. The Morgan fingerprint density at radius 2 is 2.29 bits per heavy atom. The third-order valence-corrected chi connectivity index (χ3v) is 3.10. The standard InChI is InChI=1S/C12H20O2/c1-3-4-7-10-9(2)6-5-8-11(10)12(13)14/h9H,3-8H2,1-2H3,(H,13,14). The summed E-state index contributed by atoms with van der Waals surface area (Å²) in [6, 6.07) is 0. The summed E-state index contributed by atoms with van der Waals surface area (Å²) in [5.41, 5.74) is 1.92. The molecule has 2 nitrogen and oxygen atoms in total. The monoisotopic (exact) mass is 196 g/mol. The van der Waals surface area contributed by atoms with Gasteiger partial charge in [0, 0.05) is 5.57 Å². The predicted molar refractivity (Wildman–Crippen MR) is 57.2 cm³/mol. The molecule has 0 bridgehead atoms. The van der Waals surface area contributed by atoms with Crippen molar-refractivity contribution in [2.45, 2.75) is 52.4 Å². The Bertz CT molecular complexity index is 241. The lowest BCUT2D eigenvalue weighted by molar-refractivity contribution is -0.133. The number of allylic oxidation sites excluding steroid dienone is 1. The molecule has 0 aromatic carbocycles. The Morgan fingerprint density at radius 3 is 2.86 bits per heavy atom. The zero-order chi connectivity index (χ0) is 10.6. The maximum atomic E-state index is 11.0. The third-order valence-electron chi connectivity index (χ3n) is 3.10. The van der Waals surface area contributed by atoms with Crippen LogP contribution in [0.15, 0.2) is 11.1 Å². The van der Waals surface area contributed by atoms with Crippen LogP contribution in [0.4, 0.5) is 0 Å². The molecular weight excluding hydrogens is 176 g/mol. The Hall–Kier alpha value is -0.790. The van der Waals surface area contributed by atoms with Crippen LogP contribution in [0.2, 0.25) is 0 Å². The fourth-order valence-corrected chi connectivity index (χ4v) is 2.23. The molecule has 0 saturated carbocycles. The van der Waals surface area contributed by atoms with Gasteiger partial charge in [0.1, 0.15) is 0 Å². The Balaban J connectivity index is 2.80. The fourth-order valence-electron chi connectivity index (χ4n) is 2.23. The van der Waals surface area contributed by atoms with Crippen LogP contribution in [-0.4, -0.2) is 11.1 Å². The van der Waals surface area contributed by atoms with Crippen LogP contribution in [0, 0.1) is 5.92 Å². The number of hydrogen-bond acceptors (Lipinski definition) is 1. The van der Waals surface area contributed by atoms with E-state index in [1.54, 1.807) is 0 Å². The van der Waals surface area contributed by atoms with Crippen molar-refractivity contribution in [3.63, 3.8) is 0 Å². The summed E-state index contributed by atoms with van der Waals surface area (Å²) < 4.78 is 0. The summed E-state index contributed by atoms with van der Waals surface area (Å²) in [7, 11) is 0. The van der Waals surface area contributed by atoms with E-state index in [1.165, 1.54) is 5.57 Å². The van der Waals surface area contributed by atoms with Gasteiger partial charge in [-0.2, -0.15) is 0 Å². The molecule has 14 heavy (non-hydrogen) atoms. The summed E-state index contributed by atoms with van der Waals surface area (Å²) in [6.45, 7) is 4.31. The van der Waals surface area contributed by atoms with E-state index in [2.05, 4.69) is 13.8 Å². The molecule has 1 unspecified atom stereocenters. The van der Waals surface area contributed by atoms with Gasteiger partial charge < -0.3 is 5.11 Å². The minimum absolute atomic E-state index is 0.487. The van der Waals surface area contributed by atoms with Gasteiger partial charge in [0.05, 0.1) is 0 Å². The van der Waals surface area contributed by atoms with Gasteiger partial charge in [-0.1, -0.05) is 25.8 Å². The highest BCUT2D eigenvalue weighted by Crippen LogP contribution is 2.33. The largest absolute Gasteiger partial charge is 0.478 e. The van der Waals surface area contributed by atoms with Gasteiger partial charge in [-0.15, -0.1) is 0 Å². The van der Waals surface area contributed by atoms with Gasteiger partial charge in [0.2, 0.25) is 0 Å². The molecule has 0 amide bonds. The average molecular weight is 196 g/mol. The number of carboxylic acids is 1. The lowest BCUT2D eigenvalue weighted by atomic mass is 9.81. The van der Waals surface area contributed by atoms with Gasteiger partial charge in [-0.05, 0) is 38.0 Å². The smallest absolute Gasteiger partial charge is 0.331 e. The minimum Gasteiger partial charge on any atom is -0.478 e. The highest BCUT2D eigenvalue weighted by atomic mass is 16.4. The Kier molecular flexibility index (Phi) is 4.18. The number of carboxylic acid groups (broad SMARTS) is 1. The van der Waals surface area contributed by atoms with Crippen molar-refractivity contribution in [2.24, 2.45) is 5.92 Å². The molecule has 0 aliphatic heterocycles. The zero-order valence-electron chi connectivity index (χ0n) is 9.18. The molecule has 1 rings (SSSR count). The van der Waals surface area contributed by atoms with Gasteiger partial charge in [0.15, 0.2) is 0 Å². The van der Waals surface area contributed by atoms with Crippen molar-refractivity contribution in [1.29, 1.82) is 0 Å². The van der Waals surface area contributed by atoms with E-state index in [9.17, 15) is 4.79 Å². The van der Waals surface area contributed by atoms with Crippen LogP contribution in [0.1, 0.15) is 52.4 Å². The highest BCUT2D eigenvalue weighted by molar-refractivity contribution is 5.87. The topological polar surface area (TPSA) is 37.3 Å². The third kappa shape index (κ3) is 2.60. The lowest BCUT2D eigenvalue weighted by Gasteiger charge is -2.24. The number of unbranched alkanes of at least 4 members (excludes halogenated alkanes) is 1. The Labute approximate surface area is 86.0 Å². The molecular formula is C12H20O2. The van der Waals surface area contributed by atoms with E-state index in [1.807, 2.05) is 0 Å². The fraction of sp³-hybridized carbons (Fsp3) is 0.750. The molecule has 0 radical (unpaired) electrons. The van der Waals surface area contributed by atoms with Crippen LogP contribution in [-0.2, 0) is 4.79 Å². The molecule has 0 aromatic rings. The lowest BCUT2D eigenvalue weighted by Crippen LogP contribution is -2.15. The average Bonchev–Trinajstić information content (AvgIpc) is 2.15. The molecule has 0 aromatic heterocycles. The molecule has 1 N–H and O–H groups in total. The molecule has 1 aliphatic carbocycles. The first kappa shape index (κ1) is 11.3. The molecule has 0 heterocycles. The van der Waals surface area contributed by atoms with E-state index in [-0.39, 0.29) is 0 Å². The maximum absolute atomic E-state index is 11.0. The SMILES string of the molecule is CCCCC1=C(C(=O)O)CCCC1C. The predicted octanol–water partition coefficient (Wildman–Crippen LogP) is 3.38. The Morgan fingerprint density at radius 1 is 1.57 bits per heavy atom. The highest BCUT2D eigenvalue weighted by Gasteiger charge is 2.22. The number of carbonyl (C=O) groups is 1. The van der Waals surface area contributed by atoms with E-state index < -0.39 is 5.97 Å². The van der Waals surface area contributed by atoms with Crippen molar-refractivity contribution >= 4 is 5.97 Å². The number of rotatable bonds is 4. The van der Waals surface area contributed by atoms with Gasteiger partial charge in [-0.3, -0.25) is 0 Å². The van der Waals surface area contributed by atoms with Crippen molar-refractivity contribution < 1.29 is 9.90 Å². The van der Waals surface area contributed by atoms with Crippen LogP contribution in [0.25, 0.3) is 0 Å². The first-order chi connectivity index (χ1) is 6.66. The van der Waals surface area contributed by atoms with E-state index in [0.717, 1.165) is 38.5 Å². The van der Waals surface area contributed by atoms with Crippen molar-refractivity contribution in [2.75, 3.05) is 0 Å². The maximum Gasteiger partial charge on any atom is 0.331 e. The molecule has 0 fully saturated rings. The van der Waals surface area contributed by atoms with Crippen molar-refractivity contribution in [3.8, 4) is 0 Å². The summed E-state index contributed by atoms with van der Waals surface area (Å²) in [5, 5.41) is 9.07. The van der Waals surface area contributed by atoms with Gasteiger partial charge in [0.25, 0.3) is 0 Å². The van der Waals surface area contributed by atoms with Crippen LogP contribution in [0.3, 0.4) is 0 Å². The summed E-state index contributed by atoms with van der Waals surface area (Å²) in [4.78, 5) is 11.0. The minimum atomic E-state index is -0.692. The number of aliphatic carboxylic acids is 1. The molecule has 80 valence electrons. The van der Waals surface area contributed by atoms with E-state index >= 15 is 0 Å². The molecule has 1 aliphatic rings. The van der Waals surface area contributed by atoms with Crippen molar-refractivity contribution in [1.82, 2.24) is 0 Å².